The summed E-state index contributed by atoms with van der Waals surface area (Å²) >= 11 is 0. The summed E-state index contributed by atoms with van der Waals surface area (Å²) < 4.78 is 45.8. The molecule has 3 aromatic rings. The number of methoxy groups -OCH3 is 1. The van der Waals surface area contributed by atoms with Crippen LogP contribution >= 0.6 is 0 Å². The van der Waals surface area contributed by atoms with Gasteiger partial charge in [-0.2, -0.15) is 18.3 Å². The molecular weight excluding hydrogens is 427 g/mol. The first-order valence-electron chi connectivity index (χ1n) is 10.2. The monoisotopic (exact) mass is 449 g/mol. The Labute approximate surface area is 181 Å². The average Bonchev–Trinajstić information content (AvgIpc) is 3.21. The number of ether oxygens (including phenoxy) is 1. The summed E-state index contributed by atoms with van der Waals surface area (Å²) in [7, 11) is 1.43. The summed E-state index contributed by atoms with van der Waals surface area (Å²) in [6.45, 7) is 0.199. The van der Waals surface area contributed by atoms with Crippen LogP contribution in [0.1, 0.15) is 48.0 Å². The van der Waals surface area contributed by atoms with Crippen LogP contribution in [0.4, 0.5) is 18.9 Å². The molecule has 0 unspecified atom stereocenters. The number of nitrogens with one attached hydrogen (secondary N) is 1. The third-order valence-electron chi connectivity index (χ3n) is 5.68. The maximum atomic E-state index is 12.9. The van der Waals surface area contributed by atoms with E-state index in [0.29, 0.717) is 22.9 Å². The van der Waals surface area contributed by atoms with E-state index in [4.69, 9.17) is 4.74 Å². The van der Waals surface area contributed by atoms with Gasteiger partial charge in [-0.1, -0.05) is 0 Å². The molecule has 2 N–H and O–H groups in total. The zero-order valence-electron chi connectivity index (χ0n) is 17.3. The second-order valence-electron chi connectivity index (χ2n) is 7.79. The molecule has 0 saturated heterocycles. The number of hydrogen-bond donors (Lipinski definition) is 2. The van der Waals surface area contributed by atoms with Crippen molar-refractivity contribution in [2.24, 2.45) is 5.92 Å². The zero-order valence-corrected chi connectivity index (χ0v) is 17.3. The van der Waals surface area contributed by atoms with Crippen molar-refractivity contribution in [2.75, 3.05) is 19.0 Å². The highest BCUT2D eigenvalue weighted by Gasteiger charge is 2.35. The van der Waals surface area contributed by atoms with Gasteiger partial charge in [0.15, 0.2) is 0 Å². The van der Waals surface area contributed by atoms with Crippen LogP contribution in [0.2, 0.25) is 0 Å². The molecule has 8 nitrogen and oxygen atoms in total. The summed E-state index contributed by atoms with van der Waals surface area (Å²) in [6, 6.07) is 4.66. The molecule has 2 heterocycles. The number of hydrogen-bond acceptors (Lipinski definition) is 6. The Hall–Kier alpha value is -3.21. The molecule has 2 aromatic heterocycles. The van der Waals surface area contributed by atoms with Gasteiger partial charge >= 0.3 is 6.18 Å². The Kier molecular flexibility index (Phi) is 6.00. The maximum absolute atomic E-state index is 12.9. The number of fused-ring (bicyclic) bond motifs is 1. The van der Waals surface area contributed by atoms with Gasteiger partial charge in [0.2, 0.25) is 5.82 Å². The van der Waals surface area contributed by atoms with E-state index in [1.807, 2.05) is 10.9 Å². The lowest BCUT2D eigenvalue weighted by molar-refractivity contribution is -0.145. The van der Waals surface area contributed by atoms with Gasteiger partial charge in [0, 0.05) is 30.5 Å². The number of benzene rings is 1. The number of aliphatic hydroxyl groups is 1. The summed E-state index contributed by atoms with van der Waals surface area (Å²) in [5.41, 5.74) is 0.553. The predicted octanol–water partition coefficient (Wildman–Crippen LogP) is 3.83. The molecule has 1 aliphatic carbocycles. The average molecular weight is 449 g/mol. The lowest BCUT2D eigenvalue weighted by Crippen LogP contribution is -2.20. The van der Waals surface area contributed by atoms with Gasteiger partial charge in [-0.25, -0.2) is 9.97 Å². The molecule has 4 rings (SSSR count). The molecule has 0 radical (unpaired) electrons. The molecule has 32 heavy (non-hydrogen) atoms. The number of halogens is 3. The number of carbonyl (C=O) groups is 1. The Morgan fingerprint density at radius 3 is 2.69 bits per heavy atom. The third kappa shape index (κ3) is 4.52. The fourth-order valence-electron chi connectivity index (χ4n) is 3.93. The van der Waals surface area contributed by atoms with Crippen LogP contribution in [-0.4, -0.2) is 44.5 Å². The van der Waals surface area contributed by atoms with E-state index < -0.39 is 23.6 Å². The first-order chi connectivity index (χ1) is 15.3. The highest BCUT2D eigenvalue weighted by molar-refractivity contribution is 6.05. The fourth-order valence-corrected chi connectivity index (χ4v) is 3.93. The molecule has 1 aliphatic rings. The van der Waals surface area contributed by atoms with Crippen LogP contribution in [0.3, 0.4) is 0 Å². The van der Waals surface area contributed by atoms with E-state index in [0.717, 1.165) is 43.3 Å². The van der Waals surface area contributed by atoms with Crippen LogP contribution < -0.4 is 10.1 Å². The van der Waals surface area contributed by atoms with Crippen molar-refractivity contribution in [2.45, 2.75) is 37.9 Å². The van der Waals surface area contributed by atoms with Gasteiger partial charge < -0.3 is 15.2 Å². The zero-order chi connectivity index (χ0) is 22.9. The summed E-state index contributed by atoms with van der Waals surface area (Å²) in [4.78, 5) is 19.0. The SMILES string of the molecule is COc1cc2nn(C3CCC(CO)CC3)cc2cc1NC(=O)c1ccnc(C(F)(F)F)n1. The van der Waals surface area contributed by atoms with Crippen molar-refractivity contribution in [3.63, 3.8) is 0 Å². The Morgan fingerprint density at radius 2 is 2.03 bits per heavy atom. The topological polar surface area (TPSA) is 102 Å². The molecule has 0 aliphatic heterocycles. The van der Waals surface area contributed by atoms with Gasteiger partial charge in [0.25, 0.3) is 5.91 Å². The van der Waals surface area contributed by atoms with Crippen LogP contribution in [-0.2, 0) is 6.18 Å². The van der Waals surface area contributed by atoms with Crippen molar-refractivity contribution in [1.29, 1.82) is 0 Å². The minimum Gasteiger partial charge on any atom is -0.494 e. The number of carbonyl (C=O) groups excluding carboxylic acids is 1. The third-order valence-corrected chi connectivity index (χ3v) is 5.68. The minimum atomic E-state index is -4.75. The van der Waals surface area contributed by atoms with Gasteiger partial charge in [-0.05, 0) is 43.7 Å². The van der Waals surface area contributed by atoms with Crippen molar-refractivity contribution >= 4 is 22.5 Å². The van der Waals surface area contributed by atoms with Gasteiger partial charge in [-0.15, -0.1) is 0 Å². The number of alkyl halides is 3. The van der Waals surface area contributed by atoms with Crippen molar-refractivity contribution in [3.05, 3.63) is 42.1 Å². The molecule has 1 saturated carbocycles. The lowest BCUT2D eigenvalue weighted by atomic mass is 9.87. The van der Waals surface area contributed by atoms with Crippen molar-refractivity contribution in [1.82, 2.24) is 19.7 Å². The fraction of sp³-hybridized carbons (Fsp3) is 0.429. The Morgan fingerprint density at radius 1 is 1.28 bits per heavy atom. The van der Waals surface area contributed by atoms with Gasteiger partial charge in [0.1, 0.15) is 11.4 Å². The van der Waals surface area contributed by atoms with E-state index in [2.05, 4.69) is 20.4 Å². The molecule has 170 valence electrons. The summed E-state index contributed by atoms with van der Waals surface area (Å²) in [5, 5.41) is 17.3. The van der Waals surface area contributed by atoms with Gasteiger partial charge in [0.05, 0.1) is 24.4 Å². The smallest absolute Gasteiger partial charge is 0.451 e. The minimum absolute atomic E-state index is 0.199. The molecule has 0 spiro atoms. The summed E-state index contributed by atoms with van der Waals surface area (Å²) in [5.74, 6) is -1.54. The first-order valence-corrected chi connectivity index (χ1v) is 10.2. The second kappa shape index (κ2) is 8.73. The Balaban J connectivity index is 1.58. The normalized spacial score (nSPS) is 19.2. The second-order valence-corrected chi connectivity index (χ2v) is 7.79. The highest BCUT2D eigenvalue weighted by Crippen LogP contribution is 2.35. The van der Waals surface area contributed by atoms with E-state index in [-0.39, 0.29) is 12.6 Å². The molecule has 1 amide bonds. The van der Waals surface area contributed by atoms with E-state index >= 15 is 0 Å². The molecule has 0 bridgehead atoms. The largest absolute Gasteiger partial charge is 0.494 e. The van der Waals surface area contributed by atoms with Crippen LogP contribution in [0.15, 0.2) is 30.6 Å². The van der Waals surface area contributed by atoms with E-state index in [9.17, 15) is 23.1 Å². The number of rotatable bonds is 5. The van der Waals surface area contributed by atoms with E-state index in [1.54, 1.807) is 12.1 Å². The predicted molar refractivity (Wildman–Crippen MR) is 109 cm³/mol. The van der Waals surface area contributed by atoms with Crippen LogP contribution in [0, 0.1) is 5.92 Å². The number of nitrogens with zero attached hydrogens (tertiary/aromatic N) is 4. The number of amides is 1. The van der Waals surface area contributed by atoms with Crippen LogP contribution in [0.25, 0.3) is 10.9 Å². The molecular formula is C21H22F3N5O3. The number of aliphatic hydroxyl groups excluding tert-OH is 1. The molecule has 1 fully saturated rings. The molecule has 0 atom stereocenters. The lowest BCUT2D eigenvalue weighted by Gasteiger charge is -2.27. The van der Waals surface area contributed by atoms with E-state index in [1.165, 1.54) is 7.11 Å². The number of aromatic nitrogens is 4. The molecule has 1 aromatic carbocycles. The summed E-state index contributed by atoms with van der Waals surface area (Å²) in [6.07, 6.45) is 1.70. The molecule has 11 heteroatoms. The quantitative estimate of drug-likeness (QED) is 0.614. The van der Waals surface area contributed by atoms with Crippen LogP contribution in [0.5, 0.6) is 5.75 Å². The maximum Gasteiger partial charge on any atom is 0.451 e. The van der Waals surface area contributed by atoms with Crippen molar-refractivity contribution in [3.8, 4) is 5.75 Å². The number of anilines is 1. The Bertz CT molecular complexity index is 1120. The van der Waals surface area contributed by atoms with Gasteiger partial charge in [-0.3, -0.25) is 9.48 Å². The standard InChI is InChI=1S/C21H22F3N5O3/c1-32-18-9-16-13(10-29(28-16)14-4-2-12(11-30)3-5-14)8-17(18)26-19(31)15-6-7-25-20(27-15)21(22,23)24/h6-10,12,14,30H,2-5,11H2,1H3,(H,26,31). The first kappa shape index (κ1) is 22.0. The highest BCUT2D eigenvalue weighted by atomic mass is 19.4. The van der Waals surface area contributed by atoms with Crippen molar-refractivity contribution < 1.29 is 27.8 Å².